The van der Waals surface area contributed by atoms with Crippen LogP contribution in [0.4, 0.5) is 10.1 Å². The molecule has 3 unspecified atom stereocenters. The van der Waals surface area contributed by atoms with E-state index >= 15 is 0 Å². The van der Waals surface area contributed by atoms with Crippen molar-refractivity contribution in [3.8, 4) is 0 Å². The Morgan fingerprint density at radius 1 is 1.16 bits per heavy atom. The van der Waals surface area contributed by atoms with E-state index in [1.165, 1.54) is 6.07 Å². The van der Waals surface area contributed by atoms with Crippen molar-refractivity contribution in [2.24, 2.45) is 11.8 Å². The molecule has 1 saturated heterocycles. The summed E-state index contributed by atoms with van der Waals surface area (Å²) in [7, 11) is 0. The van der Waals surface area contributed by atoms with Crippen molar-refractivity contribution in [3.05, 3.63) is 64.4 Å². The normalized spacial score (nSPS) is 21.5. The molecule has 0 spiro atoms. The number of nitrogens with one attached hydrogen (secondary N) is 2. The molecule has 1 heterocycles. The van der Waals surface area contributed by atoms with Gasteiger partial charge < -0.3 is 10.6 Å². The number of anilines is 1. The average Bonchev–Trinajstić information content (AvgIpc) is 3.24. The lowest BCUT2D eigenvalue weighted by atomic mass is 10.0. The van der Waals surface area contributed by atoms with Crippen LogP contribution >= 0.6 is 11.6 Å². The van der Waals surface area contributed by atoms with Crippen LogP contribution in [-0.4, -0.2) is 36.3 Å². The van der Waals surface area contributed by atoms with Crippen molar-refractivity contribution in [1.29, 1.82) is 0 Å². The highest BCUT2D eigenvalue weighted by molar-refractivity contribution is 6.31. The molecule has 2 aliphatic rings. The van der Waals surface area contributed by atoms with Gasteiger partial charge in [0, 0.05) is 34.3 Å². The van der Waals surface area contributed by atoms with Crippen LogP contribution in [0.3, 0.4) is 0 Å². The van der Waals surface area contributed by atoms with Crippen LogP contribution in [-0.2, 0) is 4.79 Å². The fourth-order valence-electron chi connectivity index (χ4n) is 4.21. The van der Waals surface area contributed by atoms with Gasteiger partial charge in [-0.3, -0.25) is 14.5 Å². The topological polar surface area (TPSA) is 61.4 Å². The Morgan fingerprint density at radius 3 is 2.45 bits per heavy atom. The molecule has 164 valence electrons. The fourth-order valence-corrected chi connectivity index (χ4v) is 4.50. The second-order valence-electron chi connectivity index (χ2n) is 8.49. The van der Waals surface area contributed by atoms with Gasteiger partial charge in [0.1, 0.15) is 5.82 Å². The van der Waals surface area contributed by atoms with E-state index in [0.29, 0.717) is 27.8 Å². The highest BCUT2D eigenvalue weighted by Crippen LogP contribution is 2.38. The summed E-state index contributed by atoms with van der Waals surface area (Å²) < 4.78 is 14.6. The molecule has 31 heavy (non-hydrogen) atoms. The van der Waals surface area contributed by atoms with Gasteiger partial charge in [-0.05, 0) is 74.7 Å². The molecule has 1 aliphatic carbocycles. The third kappa shape index (κ3) is 5.08. The van der Waals surface area contributed by atoms with Gasteiger partial charge in [0.2, 0.25) is 5.91 Å². The first-order chi connectivity index (χ1) is 14.9. The summed E-state index contributed by atoms with van der Waals surface area (Å²) >= 11 is 6.32. The zero-order valence-corrected chi connectivity index (χ0v) is 18.3. The van der Waals surface area contributed by atoms with E-state index in [9.17, 15) is 14.0 Å². The molecule has 5 nitrogen and oxygen atoms in total. The van der Waals surface area contributed by atoms with Crippen molar-refractivity contribution in [3.63, 3.8) is 0 Å². The van der Waals surface area contributed by atoms with E-state index in [1.807, 2.05) is 0 Å². The van der Waals surface area contributed by atoms with Crippen LogP contribution < -0.4 is 10.6 Å². The van der Waals surface area contributed by atoms with Gasteiger partial charge in [-0.2, -0.15) is 0 Å². The van der Waals surface area contributed by atoms with Crippen LogP contribution in [0.5, 0.6) is 0 Å². The number of likely N-dealkylation sites (tertiary alicyclic amines) is 1. The Bertz CT molecular complexity index is 940. The number of carbonyl (C=O) groups is 2. The predicted octanol–water partition coefficient (Wildman–Crippen LogP) is 4.64. The van der Waals surface area contributed by atoms with E-state index < -0.39 is 0 Å². The Balaban J connectivity index is 1.41. The summed E-state index contributed by atoms with van der Waals surface area (Å²) in [5.41, 5.74) is 1.59. The first kappa shape index (κ1) is 21.8. The first-order valence-corrected chi connectivity index (χ1v) is 11.2. The zero-order chi connectivity index (χ0) is 22.0. The number of amides is 2. The highest BCUT2D eigenvalue weighted by atomic mass is 35.5. The average molecular weight is 444 g/mol. The molecule has 0 bridgehead atoms. The minimum Gasteiger partial charge on any atom is -0.350 e. The SMILES string of the molecule is CC1CC1C(=O)Nc1ccc(C(=O)NCC(c2c(F)cccc2Cl)N2CCCC2)cc1. The van der Waals surface area contributed by atoms with Crippen LogP contribution in [0.25, 0.3) is 0 Å². The van der Waals surface area contributed by atoms with Gasteiger partial charge in [-0.25, -0.2) is 4.39 Å². The lowest BCUT2D eigenvalue weighted by molar-refractivity contribution is -0.117. The summed E-state index contributed by atoms with van der Waals surface area (Å²) in [6.07, 6.45) is 3.02. The summed E-state index contributed by atoms with van der Waals surface area (Å²) in [5.74, 6) is -0.0405. The monoisotopic (exact) mass is 443 g/mol. The molecular formula is C24H27ClFN3O2. The molecule has 1 aliphatic heterocycles. The maximum Gasteiger partial charge on any atom is 0.251 e. The standard InChI is InChI=1S/C24H27ClFN3O2/c1-15-13-18(15)24(31)28-17-9-7-16(8-10-17)23(30)27-14-21(29-11-2-3-12-29)22-19(25)5-4-6-20(22)26/h4-10,15,18,21H,2-3,11-14H2,1H3,(H,27,30)(H,28,31). The van der Waals surface area contributed by atoms with E-state index in [2.05, 4.69) is 22.5 Å². The summed E-state index contributed by atoms with van der Waals surface area (Å²) in [5, 5.41) is 6.19. The Hall–Kier alpha value is -2.44. The number of carbonyl (C=O) groups excluding carboxylic acids is 2. The number of hydrogen-bond donors (Lipinski definition) is 2. The van der Waals surface area contributed by atoms with Gasteiger partial charge >= 0.3 is 0 Å². The summed E-state index contributed by atoms with van der Waals surface area (Å²) in [6.45, 7) is 4.01. The number of hydrogen-bond acceptors (Lipinski definition) is 3. The molecule has 2 aromatic rings. The minimum absolute atomic E-state index is 0.0277. The maximum atomic E-state index is 14.6. The van der Waals surface area contributed by atoms with Crippen LogP contribution in [0.1, 0.15) is 48.1 Å². The van der Waals surface area contributed by atoms with E-state index in [1.54, 1.807) is 36.4 Å². The van der Waals surface area contributed by atoms with Crippen molar-refractivity contribution in [1.82, 2.24) is 10.2 Å². The zero-order valence-electron chi connectivity index (χ0n) is 17.5. The third-order valence-corrected chi connectivity index (χ3v) is 6.56. The number of nitrogens with zero attached hydrogens (tertiary/aromatic N) is 1. The van der Waals surface area contributed by atoms with Crippen LogP contribution in [0.2, 0.25) is 5.02 Å². The summed E-state index contributed by atoms with van der Waals surface area (Å²) in [4.78, 5) is 26.9. The quantitative estimate of drug-likeness (QED) is 0.655. The predicted molar refractivity (Wildman–Crippen MR) is 120 cm³/mol. The lowest BCUT2D eigenvalue weighted by Gasteiger charge is -2.29. The maximum absolute atomic E-state index is 14.6. The van der Waals surface area contributed by atoms with Gasteiger partial charge in [0.05, 0.1) is 6.04 Å². The molecule has 2 fully saturated rings. The van der Waals surface area contributed by atoms with E-state index in [0.717, 1.165) is 32.4 Å². The van der Waals surface area contributed by atoms with Crippen molar-refractivity contribution < 1.29 is 14.0 Å². The molecule has 0 aromatic heterocycles. The van der Waals surface area contributed by atoms with Gasteiger partial charge in [0.15, 0.2) is 0 Å². The van der Waals surface area contributed by atoms with Crippen molar-refractivity contribution in [2.75, 3.05) is 25.0 Å². The Kier molecular flexibility index (Phi) is 6.58. The number of benzene rings is 2. The van der Waals surface area contributed by atoms with Gasteiger partial charge in [-0.15, -0.1) is 0 Å². The van der Waals surface area contributed by atoms with Crippen molar-refractivity contribution in [2.45, 2.75) is 32.2 Å². The first-order valence-electron chi connectivity index (χ1n) is 10.8. The molecule has 2 N–H and O–H groups in total. The molecule has 4 rings (SSSR count). The summed E-state index contributed by atoms with van der Waals surface area (Å²) in [6, 6.07) is 11.2. The second kappa shape index (κ2) is 9.37. The minimum atomic E-state index is -0.358. The van der Waals surface area contributed by atoms with Gasteiger partial charge in [-0.1, -0.05) is 24.6 Å². The number of halogens is 2. The third-order valence-electron chi connectivity index (χ3n) is 6.23. The Labute approximate surface area is 187 Å². The lowest BCUT2D eigenvalue weighted by Crippen LogP contribution is -2.37. The Morgan fingerprint density at radius 2 is 1.84 bits per heavy atom. The van der Waals surface area contributed by atoms with Crippen LogP contribution in [0, 0.1) is 17.7 Å². The second-order valence-corrected chi connectivity index (χ2v) is 8.90. The molecule has 2 aromatic carbocycles. The smallest absolute Gasteiger partial charge is 0.251 e. The molecule has 7 heteroatoms. The molecule has 3 atom stereocenters. The van der Waals surface area contributed by atoms with Gasteiger partial charge in [0.25, 0.3) is 5.91 Å². The molecule has 1 saturated carbocycles. The van der Waals surface area contributed by atoms with E-state index in [-0.39, 0.29) is 36.1 Å². The number of rotatable bonds is 7. The van der Waals surface area contributed by atoms with E-state index in [4.69, 9.17) is 11.6 Å². The van der Waals surface area contributed by atoms with Crippen molar-refractivity contribution >= 4 is 29.1 Å². The molecular weight excluding hydrogens is 417 g/mol. The molecule has 2 amide bonds. The molecule has 0 radical (unpaired) electrons. The highest BCUT2D eigenvalue weighted by Gasteiger charge is 2.39. The van der Waals surface area contributed by atoms with Crippen LogP contribution in [0.15, 0.2) is 42.5 Å². The largest absolute Gasteiger partial charge is 0.350 e. The fraction of sp³-hybridized carbons (Fsp3) is 0.417.